The Morgan fingerprint density at radius 1 is 1.21 bits per heavy atom. The van der Waals surface area contributed by atoms with E-state index in [1.807, 2.05) is 0 Å². The molecule has 1 amide bonds. The highest BCUT2D eigenvalue weighted by Gasteiger charge is 2.18. The van der Waals surface area contributed by atoms with Gasteiger partial charge in [-0.2, -0.15) is 4.98 Å². The number of thiophene rings is 1. The molecule has 0 spiro atoms. The first-order chi connectivity index (χ1) is 13.7. The summed E-state index contributed by atoms with van der Waals surface area (Å²) < 4.78 is 7.05. The second kappa shape index (κ2) is 10.2. The summed E-state index contributed by atoms with van der Waals surface area (Å²) in [5.41, 5.74) is 1.77. The van der Waals surface area contributed by atoms with E-state index < -0.39 is 0 Å². The number of carbonyl (C=O) groups excluding carboxylic acids is 1. The molecule has 156 valence electrons. The maximum atomic E-state index is 11.5. The molecule has 1 saturated heterocycles. The van der Waals surface area contributed by atoms with E-state index in [9.17, 15) is 4.79 Å². The van der Waals surface area contributed by atoms with Crippen molar-refractivity contribution in [1.82, 2.24) is 15.2 Å². The summed E-state index contributed by atoms with van der Waals surface area (Å²) in [5, 5.41) is 8.39. The first kappa shape index (κ1) is 21.8. The molecule has 1 fully saturated rings. The van der Waals surface area contributed by atoms with Gasteiger partial charge < -0.3 is 15.0 Å². The molecule has 29 heavy (non-hydrogen) atoms. The molecule has 0 saturated carbocycles. The number of hydrogen-bond donors (Lipinski definition) is 1. The summed E-state index contributed by atoms with van der Waals surface area (Å²) in [7, 11) is 1.60. The fourth-order valence-electron chi connectivity index (χ4n) is 3.47. The smallest absolute Gasteiger partial charge is 0.273 e. The van der Waals surface area contributed by atoms with E-state index in [1.165, 1.54) is 27.1 Å². The van der Waals surface area contributed by atoms with Crippen LogP contribution in [0.25, 0.3) is 10.1 Å². The molecule has 1 N–H and O–H groups in total. The molecular weight excluding hydrogens is 428 g/mol. The molecule has 0 radical (unpaired) electrons. The van der Waals surface area contributed by atoms with Gasteiger partial charge in [-0.25, -0.2) is 0 Å². The van der Waals surface area contributed by atoms with Crippen LogP contribution in [0.1, 0.15) is 16.9 Å². The van der Waals surface area contributed by atoms with Crippen LogP contribution in [0.15, 0.2) is 35.0 Å². The van der Waals surface area contributed by atoms with E-state index in [4.69, 9.17) is 4.74 Å². The third-order valence-electron chi connectivity index (χ3n) is 4.97. The van der Waals surface area contributed by atoms with Crippen molar-refractivity contribution in [3.8, 4) is 5.19 Å². The number of anilines is 1. The Bertz CT molecular complexity index is 937. The van der Waals surface area contributed by atoms with Crippen molar-refractivity contribution in [3.05, 3.63) is 40.7 Å². The SMILES string of the molecule is CNC(=O)c1csc(OCCCN2CCN(c3cccc4sccc34)CC2)n1.Cl. The van der Waals surface area contributed by atoms with Gasteiger partial charge in [0.15, 0.2) is 0 Å². The topological polar surface area (TPSA) is 57.7 Å². The highest BCUT2D eigenvalue weighted by atomic mass is 35.5. The first-order valence-corrected chi connectivity index (χ1v) is 11.2. The third kappa shape index (κ3) is 5.19. The van der Waals surface area contributed by atoms with E-state index in [-0.39, 0.29) is 18.3 Å². The van der Waals surface area contributed by atoms with Crippen molar-refractivity contribution in [2.45, 2.75) is 6.42 Å². The highest BCUT2D eigenvalue weighted by Crippen LogP contribution is 2.31. The molecule has 0 bridgehead atoms. The number of benzene rings is 1. The number of nitrogens with one attached hydrogen (secondary N) is 1. The summed E-state index contributed by atoms with van der Waals surface area (Å²) in [4.78, 5) is 20.7. The summed E-state index contributed by atoms with van der Waals surface area (Å²) in [6, 6.07) is 8.82. The summed E-state index contributed by atoms with van der Waals surface area (Å²) in [6.45, 7) is 5.88. The minimum atomic E-state index is -0.179. The van der Waals surface area contributed by atoms with Crippen molar-refractivity contribution in [3.63, 3.8) is 0 Å². The van der Waals surface area contributed by atoms with Crippen LogP contribution >= 0.6 is 35.1 Å². The number of fused-ring (bicyclic) bond motifs is 1. The van der Waals surface area contributed by atoms with Crippen molar-refractivity contribution in [2.24, 2.45) is 0 Å². The molecule has 0 atom stereocenters. The van der Waals surface area contributed by atoms with Crippen LogP contribution in [0.2, 0.25) is 0 Å². The van der Waals surface area contributed by atoms with Gasteiger partial charge in [-0.1, -0.05) is 17.4 Å². The molecule has 4 rings (SSSR count). The van der Waals surface area contributed by atoms with E-state index in [0.717, 1.165) is 39.1 Å². The molecule has 0 unspecified atom stereocenters. The van der Waals surface area contributed by atoms with Crippen molar-refractivity contribution < 1.29 is 9.53 Å². The third-order valence-corrected chi connectivity index (χ3v) is 6.61. The average Bonchev–Trinajstić information content (AvgIpc) is 3.40. The fraction of sp³-hybridized carbons (Fsp3) is 0.400. The molecule has 2 aromatic heterocycles. The zero-order chi connectivity index (χ0) is 19.3. The van der Waals surface area contributed by atoms with E-state index in [2.05, 4.69) is 49.7 Å². The van der Waals surface area contributed by atoms with Gasteiger partial charge in [0.2, 0.25) is 0 Å². The van der Waals surface area contributed by atoms with Gasteiger partial charge in [-0.15, -0.1) is 23.7 Å². The van der Waals surface area contributed by atoms with Gasteiger partial charge in [0.25, 0.3) is 11.1 Å². The molecule has 1 aliphatic heterocycles. The minimum absolute atomic E-state index is 0. The average molecular weight is 453 g/mol. The highest BCUT2D eigenvalue weighted by molar-refractivity contribution is 7.17. The Labute approximate surface area is 184 Å². The molecule has 6 nitrogen and oxygen atoms in total. The predicted octanol–water partition coefficient (Wildman–Crippen LogP) is 3.73. The number of rotatable bonds is 7. The minimum Gasteiger partial charge on any atom is -0.470 e. The lowest BCUT2D eigenvalue weighted by Gasteiger charge is -2.36. The zero-order valence-corrected chi connectivity index (χ0v) is 18.7. The number of nitrogens with zero attached hydrogens (tertiary/aromatic N) is 3. The van der Waals surface area contributed by atoms with E-state index in [1.54, 1.807) is 23.8 Å². The van der Waals surface area contributed by atoms with Gasteiger partial charge >= 0.3 is 0 Å². The lowest BCUT2D eigenvalue weighted by molar-refractivity contribution is 0.0958. The Hall–Kier alpha value is -1.87. The number of amides is 1. The van der Waals surface area contributed by atoms with Gasteiger partial charge in [-0.3, -0.25) is 9.69 Å². The van der Waals surface area contributed by atoms with Crippen LogP contribution in [-0.4, -0.2) is 62.2 Å². The maximum Gasteiger partial charge on any atom is 0.273 e. The lowest BCUT2D eigenvalue weighted by Crippen LogP contribution is -2.46. The van der Waals surface area contributed by atoms with Crippen molar-refractivity contribution in [1.29, 1.82) is 0 Å². The predicted molar refractivity (Wildman–Crippen MR) is 123 cm³/mol. The fourth-order valence-corrected chi connectivity index (χ4v) is 4.95. The number of aromatic nitrogens is 1. The van der Waals surface area contributed by atoms with Gasteiger partial charge in [0.1, 0.15) is 5.69 Å². The van der Waals surface area contributed by atoms with E-state index in [0.29, 0.717) is 17.5 Å². The molecule has 0 aliphatic carbocycles. The van der Waals surface area contributed by atoms with Crippen LogP contribution in [0.4, 0.5) is 5.69 Å². The number of halogens is 1. The molecule has 1 aliphatic rings. The Balaban J connectivity index is 0.00000240. The normalized spacial score (nSPS) is 14.6. The Morgan fingerprint density at radius 3 is 2.83 bits per heavy atom. The van der Waals surface area contributed by atoms with Crippen molar-refractivity contribution in [2.75, 3.05) is 51.3 Å². The van der Waals surface area contributed by atoms with Gasteiger partial charge in [-0.05, 0) is 30.0 Å². The summed E-state index contributed by atoms with van der Waals surface area (Å²) in [5.74, 6) is -0.179. The standard InChI is InChI=1S/C20H24N4O2S2.ClH/c1-21-19(25)16-14-28-20(22-16)26-12-3-7-23-8-10-24(11-9-23)17-4-2-5-18-15(17)6-13-27-18;/h2,4-6,13-14H,3,7-12H2,1H3,(H,21,25);1H. The maximum absolute atomic E-state index is 11.5. The largest absolute Gasteiger partial charge is 0.470 e. The number of carbonyl (C=O) groups is 1. The van der Waals surface area contributed by atoms with Crippen molar-refractivity contribution >= 4 is 56.8 Å². The Kier molecular flexibility index (Phi) is 7.71. The van der Waals surface area contributed by atoms with Gasteiger partial charge in [0.05, 0.1) is 6.61 Å². The summed E-state index contributed by atoms with van der Waals surface area (Å²) >= 11 is 3.17. The van der Waals surface area contributed by atoms with Crippen LogP contribution in [0.3, 0.4) is 0 Å². The quantitative estimate of drug-likeness (QED) is 0.553. The summed E-state index contributed by atoms with van der Waals surface area (Å²) in [6.07, 6.45) is 0.953. The molecular formula is C20H25ClN4O2S2. The molecule has 3 heterocycles. The molecule has 1 aromatic carbocycles. The number of thiazole rings is 1. The number of piperazine rings is 1. The van der Waals surface area contributed by atoms with Crippen LogP contribution in [0.5, 0.6) is 5.19 Å². The van der Waals surface area contributed by atoms with Gasteiger partial charge in [0, 0.05) is 60.9 Å². The van der Waals surface area contributed by atoms with E-state index >= 15 is 0 Å². The Morgan fingerprint density at radius 2 is 2.03 bits per heavy atom. The monoisotopic (exact) mass is 452 g/mol. The van der Waals surface area contributed by atoms with Crippen LogP contribution in [-0.2, 0) is 0 Å². The van der Waals surface area contributed by atoms with Crippen LogP contribution < -0.4 is 15.0 Å². The lowest BCUT2D eigenvalue weighted by atomic mass is 10.2. The molecule has 3 aromatic rings. The van der Waals surface area contributed by atoms with Crippen LogP contribution in [0, 0.1) is 0 Å². The number of ether oxygens (including phenoxy) is 1. The number of hydrogen-bond acceptors (Lipinski definition) is 7. The second-order valence-corrected chi connectivity index (χ2v) is 8.49. The zero-order valence-electron chi connectivity index (χ0n) is 16.3. The first-order valence-electron chi connectivity index (χ1n) is 9.48. The second-order valence-electron chi connectivity index (χ2n) is 6.72. The molecule has 9 heteroatoms.